The topological polar surface area (TPSA) is 29.5 Å². The van der Waals surface area contributed by atoms with Crippen LogP contribution in [0.4, 0.5) is 0 Å². The smallest absolute Gasteiger partial charge is 0.137 e. The zero-order chi connectivity index (χ0) is 13.0. The quantitative estimate of drug-likeness (QED) is 0.771. The van der Waals surface area contributed by atoms with E-state index in [9.17, 15) is 4.79 Å². The lowest BCUT2D eigenvalue weighted by atomic mass is 9.78. The number of nitrogens with zero attached hydrogens (tertiary/aromatic N) is 1. The van der Waals surface area contributed by atoms with Gasteiger partial charge < -0.3 is 4.74 Å². The van der Waals surface area contributed by atoms with Crippen molar-refractivity contribution in [2.75, 3.05) is 26.2 Å². The summed E-state index contributed by atoms with van der Waals surface area (Å²) in [4.78, 5) is 14.5. The van der Waals surface area contributed by atoms with Crippen LogP contribution in [-0.4, -0.2) is 43.0 Å². The average Bonchev–Trinajstić information content (AvgIpc) is 2.34. The van der Waals surface area contributed by atoms with E-state index in [2.05, 4.69) is 18.7 Å². The summed E-state index contributed by atoms with van der Waals surface area (Å²) < 4.78 is 5.56. The molecule has 1 heterocycles. The van der Waals surface area contributed by atoms with Crippen LogP contribution in [0.3, 0.4) is 0 Å². The maximum absolute atomic E-state index is 12.0. The van der Waals surface area contributed by atoms with Gasteiger partial charge in [-0.1, -0.05) is 19.8 Å². The van der Waals surface area contributed by atoms with E-state index in [4.69, 9.17) is 4.74 Å². The molecule has 1 aliphatic carbocycles. The standard InChI is InChI=1S/C15H27NO2/c1-3-4-13-5-6-15(17)14(9-13)11-16-7-8-18-12(2)10-16/h12-14H,3-11H2,1-2H3. The third-order valence-corrected chi connectivity index (χ3v) is 4.37. The first-order chi connectivity index (χ1) is 8.69. The van der Waals surface area contributed by atoms with E-state index in [0.717, 1.165) is 51.4 Å². The Labute approximate surface area is 111 Å². The number of ether oxygens (including phenoxy) is 1. The van der Waals surface area contributed by atoms with Gasteiger partial charge in [-0.3, -0.25) is 9.69 Å². The highest BCUT2D eigenvalue weighted by Gasteiger charge is 2.30. The minimum Gasteiger partial charge on any atom is -0.376 e. The Bertz CT molecular complexity index is 280. The van der Waals surface area contributed by atoms with Crippen molar-refractivity contribution < 1.29 is 9.53 Å². The largest absolute Gasteiger partial charge is 0.376 e. The Balaban J connectivity index is 1.84. The maximum Gasteiger partial charge on any atom is 0.137 e. The Morgan fingerprint density at radius 3 is 3.00 bits per heavy atom. The number of hydrogen-bond donors (Lipinski definition) is 0. The molecule has 104 valence electrons. The third kappa shape index (κ3) is 3.79. The van der Waals surface area contributed by atoms with Crippen molar-refractivity contribution in [3.8, 4) is 0 Å². The first-order valence-corrected chi connectivity index (χ1v) is 7.55. The summed E-state index contributed by atoms with van der Waals surface area (Å²) in [5.41, 5.74) is 0. The summed E-state index contributed by atoms with van der Waals surface area (Å²) in [5, 5.41) is 0. The molecule has 0 bridgehead atoms. The lowest BCUT2D eigenvalue weighted by molar-refractivity contribution is -0.127. The lowest BCUT2D eigenvalue weighted by Gasteiger charge is -2.36. The fourth-order valence-corrected chi connectivity index (χ4v) is 3.42. The van der Waals surface area contributed by atoms with Crippen molar-refractivity contribution in [2.24, 2.45) is 11.8 Å². The van der Waals surface area contributed by atoms with Gasteiger partial charge in [0.15, 0.2) is 0 Å². The van der Waals surface area contributed by atoms with E-state index < -0.39 is 0 Å². The van der Waals surface area contributed by atoms with E-state index in [1.165, 1.54) is 12.8 Å². The molecule has 2 rings (SSSR count). The van der Waals surface area contributed by atoms with Crippen LogP contribution in [0.15, 0.2) is 0 Å². The molecular weight excluding hydrogens is 226 g/mol. The van der Waals surface area contributed by atoms with Gasteiger partial charge >= 0.3 is 0 Å². The summed E-state index contributed by atoms with van der Waals surface area (Å²) in [7, 11) is 0. The summed E-state index contributed by atoms with van der Waals surface area (Å²) in [5.74, 6) is 1.58. The van der Waals surface area contributed by atoms with Crippen LogP contribution in [0.25, 0.3) is 0 Å². The summed E-state index contributed by atoms with van der Waals surface area (Å²) in [6, 6.07) is 0. The molecule has 1 aliphatic heterocycles. The van der Waals surface area contributed by atoms with Gasteiger partial charge in [0, 0.05) is 32.0 Å². The van der Waals surface area contributed by atoms with Crippen LogP contribution < -0.4 is 0 Å². The normalized spacial score (nSPS) is 34.8. The molecule has 2 fully saturated rings. The lowest BCUT2D eigenvalue weighted by Crippen LogP contribution is -2.45. The molecule has 18 heavy (non-hydrogen) atoms. The van der Waals surface area contributed by atoms with E-state index >= 15 is 0 Å². The second kappa shape index (κ2) is 6.67. The van der Waals surface area contributed by atoms with Gasteiger partial charge in [-0.05, 0) is 25.7 Å². The number of rotatable bonds is 4. The highest BCUT2D eigenvalue weighted by atomic mass is 16.5. The van der Waals surface area contributed by atoms with Gasteiger partial charge in [0.2, 0.25) is 0 Å². The number of carbonyl (C=O) groups is 1. The van der Waals surface area contributed by atoms with Crippen molar-refractivity contribution >= 4 is 5.78 Å². The minimum absolute atomic E-state index is 0.292. The van der Waals surface area contributed by atoms with E-state index in [1.807, 2.05) is 0 Å². The number of carbonyl (C=O) groups excluding carboxylic acids is 1. The summed E-state index contributed by atoms with van der Waals surface area (Å²) in [6.07, 6.45) is 5.93. The van der Waals surface area contributed by atoms with E-state index in [1.54, 1.807) is 0 Å². The predicted molar refractivity (Wildman–Crippen MR) is 72.6 cm³/mol. The fraction of sp³-hybridized carbons (Fsp3) is 0.933. The second-order valence-corrected chi connectivity index (χ2v) is 6.03. The van der Waals surface area contributed by atoms with Gasteiger partial charge in [0.05, 0.1) is 12.7 Å². The maximum atomic E-state index is 12.0. The van der Waals surface area contributed by atoms with Gasteiger partial charge in [0.1, 0.15) is 5.78 Å². The van der Waals surface area contributed by atoms with E-state index in [-0.39, 0.29) is 0 Å². The Hall–Kier alpha value is -0.410. The van der Waals surface area contributed by atoms with Crippen LogP contribution in [0.5, 0.6) is 0 Å². The SMILES string of the molecule is CCCC1CCC(=O)C(CN2CCOC(C)C2)C1. The van der Waals surface area contributed by atoms with Crippen LogP contribution in [0.1, 0.15) is 46.0 Å². The molecule has 0 aromatic heterocycles. The molecule has 3 atom stereocenters. The first-order valence-electron chi connectivity index (χ1n) is 7.55. The molecule has 0 aromatic carbocycles. The highest BCUT2D eigenvalue weighted by molar-refractivity contribution is 5.81. The highest BCUT2D eigenvalue weighted by Crippen LogP contribution is 2.30. The molecule has 0 N–H and O–H groups in total. The number of ketones is 1. The Kier molecular flexibility index (Phi) is 5.19. The molecule has 0 spiro atoms. The van der Waals surface area contributed by atoms with Crippen LogP contribution in [-0.2, 0) is 9.53 Å². The van der Waals surface area contributed by atoms with Crippen LogP contribution >= 0.6 is 0 Å². The average molecular weight is 253 g/mol. The molecule has 2 aliphatic rings. The van der Waals surface area contributed by atoms with Crippen molar-refractivity contribution in [1.29, 1.82) is 0 Å². The summed E-state index contributed by atoms with van der Waals surface area (Å²) in [6.45, 7) is 8.13. The monoisotopic (exact) mass is 253 g/mol. The molecular formula is C15H27NO2. The third-order valence-electron chi connectivity index (χ3n) is 4.37. The van der Waals surface area contributed by atoms with Gasteiger partial charge in [0.25, 0.3) is 0 Å². The predicted octanol–water partition coefficient (Wildman–Crippen LogP) is 2.49. The van der Waals surface area contributed by atoms with Gasteiger partial charge in [-0.25, -0.2) is 0 Å². The van der Waals surface area contributed by atoms with Crippen LogP contribution in [0, 0.1) is 11.8 Å². The van der Waals surface area contributed by atoms with Gasteiger partial charge in [-0.15, -0.1) is 0 Å². The van der Waals surface area contributed by atoms with Crippen molar-refractivity contribution in [3.05, 3.63) is 0 Å². The van der Waals surface area contributed by atoms with Crippen molar-refractivity contribution in [3.63, 3.8) is 0 Å². The van der Waals surface area contributed by atoms with Gasteiger partial charge in [-0.2, -0.15) is 0 Å². The molecule has 1 saturated heterocycles. The Morgan fingerprint density at radius 1 is 1.44 bits per heavy atom. The zero-order valence-electron chi connectivity index (χ0n) is 11.9. The first kappa shape index (κ1) is 14.0. The van der Waals surface area contributed by atoms with Crippen molar-refractivity contribution in [2.45, 2.75) is 52.1 Å². The second-order valence-electron chi connectivity index (χ2n) is 6.03. The molecule has 3 heteroatoms. The van der Waals surface area contributed by atoms with Crippen LogP contribution in [0.2, 0.25) is 0 Å². The number of Topliss-reactive ketones (excluding diaryl/α,β-unsaturated/α-hetero) is 1. The molecule has 0 radical (unpaired) electrons. The Morgan fingerprint density at radius 2 is 2.28 bits per heavy atom. The number of hydrogen-bond acceptors (Lipinski definition) is 3. The molecule has 3 unspecified atom stereocenters. The summed E-state index contributed by atoms with van der Waals surface area (Å²) >= 11 is 0. The zero-order valence-corrected chi connectivity index (χ0v) is 11.9. The molecule has 1 saturated carbocycles. The number of morpholine rings is 1. The fourth-order valence-electron chi connectivity index (χ4n) is 3.42. The molecule has 3 nitrogen and oxygen atoms in total. The molecule has 0 amide bonds. The minimum atomic E-state index is 0.292. The van der Waals surface area contributed by atoms with Crippen molar-refractivity contribution in [1.82, 2.24) is 4.90 Å². The van der Waals surface area contributed by atoms with E-state index in [0.29, 0.717) is 17.8 Å². The molecule has 0 aromatic rings.